The Morgan fingerprint density at radius 2 is 1.67 bits per heavy atom. The topological polar surface area (TPSA) is 12.0 Å². The Kier molecular flexibility index (Phi) is 3.91. The Bertz CT molecular complexity index is 572. The zero-order valence-corrected chi connectivity index (χ0v) is 10.8. The van der Waals surface area contributed by atoms with E-state index in [1.165, 1.54) is 12.1 Å². The number of benzene rings is 2. The first-order valence-corrected chi connectivity index (χ1v) is 5.98. The van der Waals surface area contributed by atoms with E-state index < -0.39 is 17.5 Å². The molecule has 2 rings (SSSR count). The van der Waals surface area contributed by atoms with Crippen molar-refractivity contribution in [1.82, 2.24) is 0 Å². The summed E-state index contributed by atoms with van der Waals surface area (Å²) in [6.07, 6.45) is 0. The molecule has 18 heavy (non-hydrogen) atoms. The van der Waals surface area contributed by atoms with Gasteiger partial charge in [0.05, 0.1) is 5.69 Å². The van der Waals surface area contributed by atoms with E-state index in [9.17, 15) is 13.2 Å². The minimum absolute atomic E-state index is 0.218. The number of nitrogens with one attached hydrogen (secondary N) is 1. The Morgan fingerprint density at radius 1 is 0.889 bits per heavy atom. The van der Waals surface area contributed by atoms with Crippen LogP contribution in [0.25, 0.3) is 0 Å². The van der Waals surface area contributed by atoms with Crippen molar-refractivity contribution >= 4 is 21.6 Å². The van der Waals surface area contributed by atoms with Gasteiger partial charge in [0.15, 0.2) is 11.6 Å². The van der Waals surface area contributed by atoms with E-state index in [1.807, 2.05) is 0 Å². The van der Waals surface area contributed by atoms with E-state index in [-0.39, 0.29) is 6.54 Å². The van der Waals surface area contributed by atoms with Gasteiger partial charge in [0.2, 0.25) is 0 Å². The number of rotatable bonds is 3. The van der Waals surface area contributed by atoms with Crippen LogP contribution in [0.3, 0.4) is 0 Å². The zero-order chi connectivity index (χ0) is 13.1. The van der Waals surface area contributed by atoms with Crippen LogP contribution in [0.15, 0.2) is 40.9 Å². The first kappa shape index (κ1) is 13.0. The molecule has 0 bridgehead atoms. The zero-order valence-electron chi connectivity index (χ0n) is 9.18. The Labute approximate surface area is 111 Å². The number of halogens is 4. The minimum Gasteiger partial charge on any atom is -0.379 e. The van der Waals surface area contributed by atoms with Gasteiger partial charge in [0.1, 0.15) is 5.82 Å². The third-order valence-corrected chi connectivity index (χ3v) is 2.89. The van der Waals surface area contributed by atoms with Gasteiger partial charge in [-0.15, -0.1) is 0 Å². The maximum atomic E-state index is 13.5. The molecule has 0 atom stereocenters. The van der Waals surface area contributed by atoms with Gasteiger partial charge in [-0.1, -0.05) is 22.0 Å². The third-order valence-electron chi connectivity index (χ3n) is 2.40. The average Bonchev–Trinajstić information content (AvgIpc) is 2.32. The molecule has 2 aromatic rings. The highest BCUT2D eigenvalue weighted by Crippen LogP contribution is 2.20. The SMILES string of the molecule is Fc1ccc(CNc2ccc(Br)cc2F)cc1F. The van der Waals surface area contributed by atoms with Crippen LogP contribution in [0.2, 0.25) is 0 Å². The molecule has 0 fully saturated rings. The summed E-state index contributed by atoms with van der Waals surface area (Å²) in [6.45, 7) is 0.218. The second kappa shape index (κ2) is 5.44. The molecule has 0 amide bonds. The molecule has 0 unspecified atom stereocenters. The lowest BCUT2D eigenvalue weighted by Gasteiger charge is -2.08. The van der Waals surface area contributed by atoms with Crippen LogP contribution in [0.5, 0.6) is 0 Å². The van der Waals surface area contributed by atoms with Gasteiger partial charge in [-0.05, 0) is 35.9 Å². The van der Waals surface area contributed by atoms with Gasteiger partial charge in [-0.3, -0.25) is 0 Å². The normalized spacial score (nSPS) is 10.4. The molecule has 0 saturated heterocycles. The van der Waals surface area contributed by atoms with Crippen LogP contribution in [0.4, 0.5) is 18.9 Å². The lowest BCUT2D eigenvalue weighted by molar-refractivity contribution is 0.507. The molecule has 0 saturated carbocycles. The summed E-state index contributed by atoms with van der Waals surface area (Å²) in [4.78, 5) is 0. The highest BCUT2D eigenvalue weighted by molar-refractivity contribution is 9.10. The van der Waals surface area contributed by atoms with E-state index in [1.54, 1.807) is 12.1 Å². The summed E-state index contributed by atoms with van der Waals surface area (Å²) in [6, 6.07) is 8.16. The van der Waals surface area contributed by atoms with Crippen LogP contribution in [-0.2, 0) is 6.54 Å². The van der Waals surface area contributed by atoms with Crippen molar-refractivity contribution in [2.45, 2.75) is 6.54 Å². The van der Waals surface area contributed by atoms with Gasteiger partial charge in [0.25, 0.3) is 0 Å². The number of anilines is 1. The molecule has 0 aliphatic rings. The van der Waals surface area contributed by atoms with Gasteiger partial charge in [0, 0.05) is 11.0 Å². The Morgan fingerprint density at radius 3 is 2.33 bits per heavy atom. The van der Waals surface area contributed by atoms with Crippen molar-refractivity contribution in [1.29, 1.82) is 0 Å². The highest BCUT2D eigenvalue weighted by atomic mass is 79.9. The van der Waals surface area contributed by atoms with Crippen LogP contribution in [0, 0.1) is 17.5 Å². The van der Waals surface area contributed by atoms with Crippen LogP contribution < -0.4 is 5.32 Å². The molecule has 0 aliphatic carbocycles. The molecular formula is C13H9BrF3N. The minimum atomic E-state index is -0.912. The summed E-state index contributed by atoms with van der Waals surface area (Å²) in [5, 5.41) is 2.82. The molecule has 94 valence electrons. The molecule has 0 aliphatic heterocycles. The fraction of sp³-hybridized carbons (Fsp3) is 0.0769. The lowest BCUT2D eigenvalue weighted by atomic mass is 10.2. The van der Waals surface area contributed by atoms with Gasteiger partial charge in [-0.2, -0.15) is 0 Å². The second-order valence-corrected chi connectivity index (χ2v) is 4.64. The van der Waals surface area contributed by atoms with E-state index >= 15 is 0 Å². The van der Waals surface area contributed by atoms with Crippen molar-refractivity contribution in [3.63, 3.8) is 0 Å². The Hall–Kier alpha value is -1.49. The summed E-state index contributed by atoms with van der Waals surface area (Å²) >= 11 is 3.15. The van der Waals surface area contributed by atoms with Crippen LogP contribution in [-0.4, -0.2) is 0 Å². The van der Waals surface area contributed by atoms with Crippen molar-refractivity contribution in [2.24, 2.45) is 0 Å². The molecule has 1 nitrogen and oxygen atoms in total. The van der Waals surface area contributed by atoms with Crippen molar-refractivity contribution in [2.75, 3.05) is 5.32 Å². The standard InChI is InChI=1S/C13H9BrF3N/c14-9-2-4-13(12(17)6-9)18-7-8-1-3-10(15)11(16)5-8/h1-6,18H,7H2. The van der Waals surface area contributed by atoms with Crippen molar-refractivity contribution in [3.8, 4) is 0 Å². The molecular weight excluding hydrogens is 307 g/mol. The van der Waals surface area contributed by atoms with E-state index in [0.29, 0.717) is 15.7 Å². The number of hydrogen-bond acceptors (Lipinski definition) is 1. The van der Waals surface area contributed by atoms with Crippen LogP contribution in [0.1, 0.15) is 5.56 Å². The predicted octanol–water partition coefficient (Wildman–Crippen LogP) is 4.48. The van der Waals surface area contributed by atoms with Crippen molar-refractivity contribution in [3.05, 3.63) is 63.9 Å². The fourth-order valence-electron chi connectivity index (χ4n) is 1.48. The van der Waals surface area contributed by atoms with Gasteiger partial charge in [-0.25, -0.2) is 13.2 Å². The van der Waals surface area contributed by atoms with Gasteiger partial charge >= 0.3 is 0 Å². The second-order valence-electron chi connectivity index (χ2n) is 3.73. The Balaban J connectivity index is 2.09. The third kappa shape index (κ3) is 3.04. The lowest BCUT2D eigenvalue weighted by Crippen LogP contribution is -2.02. The largest absolute Gasteiger partial charge is 0.379 e. The first-order valence-electron chi connectivity index (χ1n) is 5.19. The molecule has 0 spiro atoms. The summed E-state index contributed by atoms with van der Waals surface area (Å²) in [5.41, 5.74) is 0.846. The molecule has 0 aromatic heterocycles. The maximum absolute atomic E-state index is 13.5. The fourth-order valence-corrected chi connectivity index (χ4v) is 1.81. The molecule has 0 heterocycles. The first-order chi connectivity index (χ1) is 8.56. The van der Waals surface area contributed by atoms with Crippen molar-refractivity contribution < 1.29 is 13.2 Å². The molecule has 5 heteroatoms. The summed E-state index contributed by atoms with van der Waals surface area (Å²) in [5.74, 6) is -2.22. The van der Waals surface area contributed by atoms with E-state index in [2.05, 4.69) is 21.2 Å². The van der Waals surface area contributed by atoms with Gasteiger partial charge < -0.3 is 5.32 Å². The smallest absolute Gasteiger partial charge is 0.159 e. The summed E-state index contributed by atoms with van der Waals surface area (Å²) < 4.78 is 39.8. The average molecular weight is 316 g/mol. The number of hydrogen-bond donors (Lipinski definition) is 1. The van der Waals surface area contributed by atoms with E-state index in [0.717, 1.165) is 12.1 Å². The van der Waals surface area contributed by atoms with E-state index in [4.69, 9.17) is 0 Å². The maximum Gasteiger partial charge on any atom is 0.159 e. The molecule has 2 aromatic carbocycles. The quantitative estimate of drug-likeness (QED) is 0.880. The monoisotopic (exact) mass is 315 g/mol. The molecule has 0 radical (unpaired) electrons. The predicted molar refractivity (Wildman–Crippen MR) is 67.8 cm³/mol. The molecule has 1 N–H and O–H groups in total. The highest BCUT2D eigenvalue weighted by Gasteiger charge is 2.05. The van der Waals surface area contributed by atoms with Crippen LogP contribution >= 0.6 is 15.9 Å². The summed E-state index contributed by atoms with van der Waals surface area (Å²) in [7, 11) is 0.